The summed E-state index contributed by atoms with van der Waals surface area (Å²) >= 11 is 0. The van der Waals surface area contributed by atoms with Crippen molar-refractivity contribution in [2.24, 2.45) is 16.8 Å². The number of aromatic nitrogens is 1. The molecule has 0 radical (unpaired) electrons. The van der Waals surface area contributed by atoms with E-state index >= 15 is 0 Å². The minimum atomic E-state index is -4.16. The number of sulfonamides is 1. The molecule has 0 aliphatic carbocycles. The number of aromatic amines is 1. The van der Waals surface area contributed by atoms with Crippen LogP contribution in [0.1, 0.15) is 37.0 Å². The molecule has 13 heteroatoms. The fourth-order valence-electron chi connectivity index (χ4n) is 6.48. The van der Waals surface area contributed by atoms with E-state index in [-0.39, 0.29) is 55.0 Å². The van der Waals surface area contributed by atoms with Crippen molar-refractivity contribution in [2.75, 3.05) is 26.3 Å². The quantitative estimate of drug-likeness (QED) is 0.139. The Hall–Kier alpha value is -4.27. The van der Waals surface area contributed by atoms with Gasteiger partial charge in [-0.2, -0.15) is 4.31 Å². The number of rotatable bonds is 14. The van der Waals surface area contributed by atoms with Crippen LogP contribution in [0, 0.1) is 11.8 Å². The number of nitrogens with zero attached hydrogens (tertiary/aromatic N) is 2. The summed E-state index contributed by atoms with van der Waals surface area (Å²) in [6.07, 6.45) is -0.390. The van der Waals surface area contributed by atoms with Crippen LogP contribution in [0.15, 0.2) is 88.8 Å². The Balaban J connectivity index is 1.22. The number of carbonyl (C=O) groups excluding carboxylic acids is 1. The van der Waals surface area contributed by atoms with Crippen LogP contribution in [-0.4, -0.2) is 91.1 Å². The van der Waals surface area contributed by atoms with Crippen LogP contribution in [0.4, 0.5) is 4.79 Å². The molecule has 2 saturated heterocycles. The third-order valence-corrected chi connectivity index (χ3v) is 10.9. The third-order valence-electron chi connectivity index (χ3n) is 9.03. The lowest BCUT2D eigenvalue weighted by atomic mass is 10.0. The molecule has 4 aromatic rings. The normalized spacial score (nSPS) is 20.5. The number of alkyl carbamates (subject to hydrolysis) is 1. The van der Waals surface area contributed by atoms with Crippen LogP contribution in [0.3, 0.4) is 0 Å². The molecule has 5 unspecified atom stereocenters. The van der Waals surface area contributed by atoms with Crippen LogP contribution in [0.2, 0.25) is 0 Å². The Morgan fingerprint density at radius 3 is 2.50 bits per heavy atom. The predicted molar refractivity (Wildman–Crippen MR) is 188 cm³/mol. The standard InChI is InChI=1S/C37H44N4O8S/c1-24(2)21-41(50(45,46)27-13-14-31-29(18-27)30(35(43)39-31)20-38-19-26-11-7-4-8-12-26)22-33(42)32(17-25-9-5-3-6-10-25)40-37(44)49-34-23-48-36-28(34)15-16-47-36/h3-14,18,20,24,28,32-34,36,39,42-43H,15-17,19,21-23H2,1-2H3,(H,40,44). The van der Waals surface area contributed by atoms with Crippen molar-refractivity contribution in [3.05, 3.63) is 95.6 Å². The first-order chi connectivity index (χ1) is 24.1. The topological polar surface area (TPSA) is 163 Å². The number of hydrogen-bond donors (Lipinski definition) is 4. The largest absolute Gasteiger partial charge is 0.494 e. The van der Waals surface area contributed by atoms with E-state index in [9.17, 15) is 23.4 Å². The average Bonchev–Trinajstić information content (AvgIpc) is 3.80. The predicted octanol–water partition coefficient (Wildman–Crippen LogP) is 4.60. The second-order valence-electron chi connectivity index (χ2n) is 13.2. The average molecular weight is 705 g/mol. The van der Waals surface area contributed by atoms with Gasteiger partial charge in [-0.1, -0.05) is 74.5 Å². The zero-order chi connectivity index (χ0) is 35.3. The summed E-state index contributed by atoms with van der Waals surface area (Å²) in [7, 11) is -4.16. The first-order valence-corrected chi connectivity index (χ1v) is 18.3. The lowest BCUT2D eigenvalue weighted by Crippen LogP contribution is -2.51. The van der Waals surface area contributed by atoms with Gasteiger partial charge in [-0.15, -0.1) is 0 Å². The Kier molecular flexibility index (Phi) is 11.2. The number of aromatic hydroxyl groups is 1. The van der Waals surface area contributed by atoms with Gasteiger partial charge < -0.3 is 34.7 Å². The van der Waals surface area contributed by atoms with Crippen molar-refractivity contribution in [3.8, 4) is 5.88 Å². The maximum absolute atomic E-state index is 14.3. The molecule has 3 aromatic carbocycles. The lowest BCUT2D eigenvalue weighted by molar-refractivity contribution is -0.0907. The second-order valence-corrected chi connectivity index (χ2v) is 15.2. The van der Waals surface area contributed by atoms with Gasteiger partial charge in [-0.05, 0) is 48.1 Å². The summed E-state index contributed by atoms with van der Waals surface area (Å²) in [5.41, 5.74) is 2.76. The van der Waals surface area contributed by atoms with Gasteiger partial charge >= 0.3 is 6.09 Å². The van der Waals surface area contributed by atoms with Crippen LogP contribution in [0.5, 0.6) is 5.88 Å². The van der Waals surface area contributed by atoms with E-state index in [1.165, 1.54) is 22.7 Å². The monoisotopic (exact) mass is 704 g/mol. The number of H-pyrrole nitrogens is 1. The van der Waals surface area contributed by atoms with Gasteiger partial charge in [0.2, 0.25) is 10.0 Å². The van der Waals surface area contributed by atoms with Gasteiger partial charge in [0, 0.05) is 30.2 Å². The number of aliphatic imine (C=N–C) groups is 1. The molecule has 12 nitrogen and oxygen atoms in total. The molecule has 50 heavy (non-hydrogen) atoms. The van der Waals surface area contributed by atoms with Gasteiger partial charge in [0.1, 0.15) is 6.10 Å². The van der Waals surface area contributed by atoms with Crippen molar-refractivity contribution in [1.82, 2.24) is 14.6 Å². The molecule has 2 aliphatic rings. The van der Waals surface area contributed by atoms with Crippen LogP contribution in [0.25, 0.3) is 10.9 Å². The van der Waals surface area contributed by atoms with Gasteiger partial charge in [0.15, 0.2) is 12.2 Å². The number of carbonyl (C=O) groups is 1. The Morgan fingerprint density at radius 2 is 1.78 bits per heavy atom. The Morgan fingerprint density at radius 1 is 1.06 bits per heavy atom. The van der Waals surface area contributed by atoms with Gasteiger partial charge in [0.05, 0.1) is 48.3 Å². The van der Waals surface area contributed by atoms with Crippen molar-refractivity contribution in [2.45, 2.75) is 62.7 Å². The summed E-state index contributed by atoms with van der Waals surface area (Å²) in [5.74, 6) is -0.255. The van der Waals surface area contributed by atoms with Crippen molar-refractivity contribution in [3.63, 3.8) is 0 Å². The van der Waals surface area contributed by atoms with Gasteiger partial charge in [0.25, 0.3) is 0 Å². The zero-order valence-corrected chi connectivity index (χ0v) is 29.0. The molecule has 0 bridgehead atoms. The summed E-state index contributed by atoms with van der Waals surface area (Å²) in [6.45, 7) is 4.76. The Labute approximate surface area is 292 Å². The summed E-state index contributed by atoms with van der Waals surface area (Å²) < 4.78 is 46.7. The number of aliphatic hydroxyl groups is 1. The molecule has 5 atom stereocenters. The highest BCUT2D eigenvalue weighted by Crippen LogP contribution is 2.33. The van der Waals surface area contributed by atoms with Crippen LogP contribution >= 0.6 is 0 Å². The SMILES string of the molecule is CC(C)CN(CC(O)C(Cc1ccccc1)NC(=O)OC1COC2OCCC12)S(=O)(=O)c1ccc2[nH]c(O)c(C=NCc3ccccc3)c2c1. The van der Waals surface area contributed by atoms with E-state index in [0.29, 0.717) is 29.6 Å². The van der Waals surface area contributed by atoms with E-state index in [0.717, 1.165) is 17.5 Å². The molecular formula is C37H44N4O8S. The smallest absolute Gasteiger partial charge is 0.407 e. The highest BCUT2D eigenvalue weighted by atomic mass is 32.2. The summed E-state index contributed by atoms with van der Waals surface area (Å²) in [6, 6.07) is 22.7. The number of hydrogen-bond acceptors (Lipinski definition) is 9. The molecule has 0 saturated carbocycles. The van der Waals surface area contributed by atoms with Crippen molar-refractivity contribution < 1.29 is 37.6 Å². The number of fused-ring (bicyclic) bond motifs is 2. The first kappa shape index (κ1) is 35.6. The number of nitrogens with one attached hydrogen (secondary N) is 2. The molecule has 2 fully saturated rings. The molecule has 0 spiro atoms. The number of aliphatic hydroxyl groups excluding tert-OH is 1. The van der Waals surface area contributed by atoms with Crippen LogP contribution < -0.4 is 5.32 Å². The minimum Gasteiger partial charge on any atom is -0.494 e. The fraction of sp³-hybridized carbons (Fsp3) is 0.405. The molecular weight excluding hydrogens is 660 g/mol. The number of amides is 1. The maximum atomic E-state index is 14.3. The Bertz CT molecular complexity index is 1880. The molecule has 1 aromatic heterocycles. The van der Waals surface area contributed by atoms with Crippen LogP contribution in [-0.2, 0) is 37.2 Å². The van der Waals surface area contributed by atoms with Gasteiger partial charge in [-0.25, -0.2) is 13.2 Å². The molecule has 3 heterocycles. The van der Waals surface area contributed by atoms with E-state index in [2.05, 4.69) is 15.3 Å². The molecule has 266 valence electrons. The highest BCUT2D eigenvalue weighted by Gasteiger charge is 2.44. The highest BCUT2D eigenvalue weighted by molar-refractivity contribution is 7.89. The van der Waals surface area contributed by atoms with E-state index in [1.807, 2.05) is 74.5 Å². The van der Waals surface area contributed by atoms with E-state index in [4.69, 9.17) is 14.2 Å². The second kappa shape index (κ2) is 15.7. The maximum Gasteiger partial charge on any atom is 0.407 e. The summed E-state index contributed by atoms with van der Waals surface area (Å²) in [4.78, 5) is 20.5. The van der Waals surface area contributed by atoms with Crippen molar-refractivity contribution in [1.29, 1.82) is 0 Å². The molecule has 1 amide bonds. The van der Waals surface area contributed by atoms with Gasteiger partial charge in [-0.3, -0.25) is 4.99 Å². The fourth-order valence-corrected chi connectivity index (χ4v) is 8.13. The summed E-state index contributed by atoms with van der Waals surface area (Å²) in [5, 5.41) is 25.6. The third kappa shape index (κ3) is 8.36. The lowest BCUT2D eigenvalue weighted by Gasteiger charge is -2.31. The number of ether oxygens (including phenoxy) is 3. The van der Waals surface area contributed by atoms with Crippen molar-refractivity contribution >= 4 is 33.2 Å². The van der Waals surface area contributed by atoms with E-state index < -0.39 is 34.4 Å². The molecule has 4 N–H and O–H groups in total. The zero-order valence-electron chi connectivity index (χ0n) is 28.1. The molecule has 6 rings (SSSR count). The molecule has 2 aliphatic heterocycles. The first-order valence-electron chi connectivity index (χ1n) is 16.9. The minimum absolute atomic E-state index is 0.00360. The van der Waals surface area contributed by atoms with E-state index in [1.54, 1.807) is 6.07 Å². The number of benzene rings is 3.